The number of alkyl halides is 1. The molecular weight excluding hydrogens is 253 g/mol. The van der Waals surface area contributed by atoms with E-state index < -0.39 is 10.7 Å². The van der Waals surface area contributed by atoms with Crippen molar-refractivity contribution in [1.29, 1.82) is 0 Å². The number of nitro groups is 1. The van der Waals surface area contributed by atoms with Crippen LogP contribution in [0, 0.1) is 15.9 Å². The van der Waals surface area contributed by atoms with E-state index in [2.05, 4.69) is 10.1 Å². The number of nitrogens with zero attached hydrogens (tertiary/aromatic N) is 3. The van der Waals surface area contributed by atoms with Gasteiger partial charge in [0.25, 0.3) is 11.6 Å². The average molecular weight is 258 g/mol. The number of hydrogen-bond donors (Lipinski definition) is 0. The number of benzene rings is 1. The minimum Gasteiger partial charge on any atom is -0.334 e. The van der Waals surface area contributed by atoms with E-state index in [0.29, 0.717) is 0 Å². The van der Waals surface area contributed by atoms with Crippen LogP contribution in [-0.2, 0) is 5.88 Å². The van der Waals surface area contributed by atoms with Crippen LogP contribution < -0.4 is 0 Å². The monoisotopic (exact) mass is 257 g/mol. The quantitative estimate of drug-likeness (QED) is 0.479. The van der Waals surface area contributed by atoms with Crippen LogP contribution in [0.2, 0.25) is 0 Å². The second-order valence-corrected chi connectivity index (χ2v) is 3.34. The third kappa shape index (κ3) is 2.23. The summed E-state index contributed by atoms with van der Waals surface area (Å²) in [6, 6.07) is 2.99. The molecule has 0 aliphatic rings. The molecule has 1 aromatic carbocycles. The van der Waals surface area contributed by atoms with Gasteiger partial charge in [-0.2, -0.15) is 4.98 Å². The van der Waals surface area contributed by atoms with Gasteiger partial charge in [0.1, 0.15) is 11.4 Å². The Kier molecular flexibility index (Phi) is 3.01. The van der Waals surface area contributed by atoms with Crippen molar-refractivity contribution in [2.45, 2.75) is 5.88 Å². The van der Waals surface area contributed by atoms with Gasteiger partial charge in [-0.05, 0) is 12.1 Å². The van der Waals surface area contributed by atoms with E-state index in [-0.39, 0.29) is 28.8 Å². The minimum absolute atomic E-state index is 0.00656. The lowest BCUT2D eigenvalue weighted by Crippen LogP contribution is -1.93. The number of rotatable bonds is 3. The molecule has 0 N–H and O–H groups in total. The van der Waals surface area contributed by atoms with Crippen molar-refractivity contribution in [3.05, 3.63) is 40.0 Å². The lowest BCUT2D eigenvalue weighted by molar-refractivity contribution is -0.384. The Morgan fingerprint density at radius 1 is 1.53 bits per heavy atom. The molecule has 1 heterocycles. The van der Waals surface area contributed by atoms with Crippen LogP contribution in [0.15, 0.2) is 22.7 Å². The molecule has 88 valence electrons. The molecule has 17 heavy (non-hydrogen) atoms. The minimum atomic E-state index is -0.653. The summed E-state index contributed by atoms with van der Waals surface area (Å²) in [6.45, 7) is 0. The van der Waals surface area contributed by atoms with E-state index in [0.717, 1.165) is 18.2 Å². The molecule has 0 amide bonds. The molecule has 0 unspecified atom stereocenters. The Hall–Kier alpha value is -2.02. The third-order valence-corrected chi connectivity index (χ3v) is 2.21. The summed E-state index contributed by atoms with van der Waals surface area (Å²) >= 11 is 5.47. The number of nitro benzene ring substituents is 1. The van der Waals surface area contributed by atoms with Crippen molar-refractivity contribution in [3.63, 3.8) is 0 Å². The molecule has 0 aliphatic heterocycles. The van der Waals surface area contributed by atoms with Crippen molar-refractivity contribution in [3.8, 4) is 11.5 Å². The second kappa shape index (κ2) is 4.46. The Morgan fingerprint density at radius 3 is 2.88 bits per heavy atom. The lowest BCUT2D eigenvalue weighted by atomic mass is 10.2. The van der Waals surface area contributed by atoms with Crippen LogP contribution in [0.1, 0.15) is 5.82 Å². The molecule has 0 aliphatic carbocycles. The summed E-state index contributed by atoms with van der Waals surface area (Å²) in [5.41, 5.74) is -0.380. The van der Waals surface area contributed by atoms with Gasteiger partial charge in [0.15, 0.2) is 5.82 Å². The number of aromatic nitrogens is 2. The summed E-state index contributed by atoms with van der Waals surface area (Å²) in [5, 5.41) is 14.2. The van der Waals surface area contributed by atoms with Gasteiger partial charge < -0.3 is 4.52 Å². The highest BCUT2D eigenvalue weighted by molar-refractivity contribution is 6.16. The molecule has 0 atom stereocenters. The first-order valence-electron chi connectivity index (χ1n) is 4.44. The summed E-state index contributed by atoms with van der Waals surface area (Å²) in [5.74, 6) is -0.574. The molecule has 0 saturated heterocycles. The molecule has 0 fully saturated rings. The van der Waals surface area contributed by atoms with E-state index in [4.69, 9.17) is 16.1 Å². The molecule has 0 bridgehead atoms. The van der Waals surface area contributed by atoms with Crippen molar-refractivity contribution < 1.29 is 13.8 Å². The van der Waals surface area contributed by atoms with Gasteiger partial charge in [-0.15, -0.1) is 11.6 Å². The van der Waals surface area contributed by atoms with Crippen molar-refractivity contribution in [1.82, 2.24) is 10.1 Å². The van der Waals surface area contributed by atoms with E-state index in [1.165, 1.54) is 0 Å². The predicted octanol–water partition coefficient (Wildman–Crippen LogP) is 2.52. The standard InChI is InChI=1S/C9H5ClFN3O3/c10-4-8-12-9(17-13-8)6-3-5(11)1-2-7(6)14(15)16/h1-3H,4H2. The van der Waals surface area contributed by atoms with E-state index in [1.54, 1.807) is 0 Å². The van der Waals surface area contributed by atoms with Crippen LogP contribution in [0.25, 0.3) is 11.5 Å². The molecule has 0 radical (unpaired) electrons. The molecule has 0 saturated carbocycles. The average Bonchev–Trinajstić information content (AvgIpc) is 2.76. The van der Waals surface area contributed by atoms with Gasteiger partial charge >= 0.3 is 0 Å². The molecule has 0 spiro atoms. The molecule has 2 rings (SSSR count). The summed E-state index contributed by atoms with van der Waals surface area (Å²) in [6.07, 6.45) is 0. The number of halogens is 2. The normalized spacial score (nSPS) is 10.5. The highest BCUT2D eigenvalue weighted by Gasteiger charge is 2.21. The first kappa shape index (κ1) is 11.5. The van der Waals surface area contributed by atoms with Crippen molar-refractivity contribution >= 4 is 17.3 Å². The zero-order valence-electron chi connectivity index (χ0n) is 8.26. The van der Waals surface area contributed by atoms with Crippen molar-refractivity contribution in [2.75, 3.05) is 0 Å². The highest BCUT2D eigenvalue weighted by atomic mass is 35.5. The van der Waals surface area contributed by atoms with Crippen molar-refractivity contribution in [2.24, 2.45) is 0 Å². The predicted molar refractivity (Wildman–Crippen MR) is 55.9 cm³/mol. The zero-order valence-corrected chi connectivity index (χ0v) is 9.02. The van der Waals surface area contributed by atoms with Gasteiger partial charge in [0.2, 0.25) is 0 Å². The van der Waals surface area contributed by atoms with Crippen LogP contribution in [0.5, 0.6) is 0 Å². The summed E-state index contributed by atoms with van der Waals surface area (Å²) < 4.78 is 17.8. The third-order valence-electron chi connectivity index (χ3n) is 1.97. The van der Waals surface area contributed by atoms with E-state index in [1.807, 2.05) is 0 Å². The van der Waals surface area contributed by atoms with E-state index >= 15 is 0 Å². The fourth-order valence-corrected chi connectivity index (χ4v) is 1.36. The maximum atomic E-state index is 13.0. The van der Waals surface area contributed by atoms with Crippen LogP contribution >= 0.6 is 11.6 Å². The lowest BCUT2D eigenvalue weighted by Gasteiger charge is -1.97. The Labute approximate surface area is 99.2 Å². The van der Waals surface area contributed by atoms with Gasteiger partial charge in [0, 0.05) is 6.07 Å². The van der Waals surface area contributed by atoms with Crippen LogP contribution in [0.4, 0.5) is 10.1 Å². The fourth-order valence-electron chi connectivity index (χ4n) is 1.26. The van der Waals surface area contributed by atoms with Crippen LogP contribution in [-0.4, -0.2) is 15.1 Å². The molecule has 2 aromatic rings. The first-order chi connectivity index (χ1) is 8.11. The Morgan fingerprint density at radius 2 is 2.29 bits per heavy atom. The molecular formula is C9H5ClFN3O3. The zero-order chi connectivity index (χ0) is 12.4. The Bertz CT molecular complexity index is 572. The second-order valence-electron chi connectivity index (χ2n) is 3.07. The SMILES string of the molecule is O=[N+]([O-])c1ccc(F)cc1-c1nc(CCl)no1. The smallest absolute Gasteiger partial charge is 0.282 e. The topological polar surface area (TPSA) is 82.1 Å². The summed E-state index contributed by atoms with van der Waals surface area (Å²) in [7, 11) is 0. The molecule has 1 aromatic heterocycles. The molecule has 6 nitrogen and oxygen atoms in total. The largest absolute Gasteiger partial charge is 0.334 e. The maximum absolute atomic E-state index is 13.0. The van der Waals surface area contributed by atoms with Crippen LogP contribution in [0.3, 0.4) is 0 Å². The fraction of sp³-hybridized carbons (Fsp3) is 0.111. The highest BCUT2D eigenvalue weighted by Crippen LogP contribution is 2.29. The van der Waals surface area contributed by atoms with Gasteiger partial charge in [0.05, 0.1) is 10.8 Å². The van der Waals surface area contributed by atoms with Gasteiger partial charge in [-0.25, -0.2) is 4.39 Å². The van der Waals surface area contributed by atoms with E-state index in [9.17, 15) is 14.5 Å². The number of hydrogen-bond acceptors (Lipinski definition) is 5. The maximum Gasteiger partial charge on any atom is 0.282 e. The first-order valence-corrected chi connectivity index (χ1v) is 4.98. The summed E-state index contributed by atoms with van der Waals surface area (Å²) in [4.78, 5) is 13.9. The molecule has 8 heteroatoms. The van der Waals surface area contributed by atoms with Gasteiger partial charge in [-0.1, -0.05) is 5.16 Å². The Balaban J connectivity index is 2.56. The van der Waals surface area contributed by atoms with Gasteiger partial charge in [-0.3, -0.25) is 10.1 Å².